The van der Waals surface area contributed by atoms with E-state index in [0.29, 0.717) is 0 Å². The highest BCUT2D eigenvalue weighted by Crippen LogP contribution is 2.24. The molecule has 0 unspecified atom stereocenters. The molecule has 5 heteroatoms. The first-order valence-electron chi connectivity index (χ1n) is 5.17. The fourth-order valence-corrected chi connectivity index (χ4v) is 1.74. The van der Waals surface area contributed by atoms with Crippen molar-refractivity contribution in [1.29, 1.82) is 0 Å². The van der Waals surface area contributed by atoms with E-state index in [1.54, 1.807) is 20.9 Å². The average Bonchev–Trinajstić information content (AvgIpc) is 2.13. The van der Waals surface area contributed by atoms with Gasteiger partial charge in [0, 0.05) is 13.6 Å². The number of nitrogens with zero attached hydrogens (tertiary/aromatic N) is 1. The van der Waals surface area contributed by atoms with E-state index in [9.17, 15) is 14.3 Å². The Morgan fingerprint density at radius 1 is 1.47 bits per heavy atom. The maximum Gasteiger partial charge on any atom is 0.337 e. The standard InChI is InChI=1S/C12H16FNO3/c1-12(2,17)7-14(3)10-8(11(15)16)5-4-6-9(10)13/h4-6,17H,7H2,1-3H3,(H,15,16). The van der Waals surface area contributed by atoms with Crippen LogP contribution in [0.5, 0.6) is 0 Å². The number of carboxylic acids is 1. The summed E-state index contributed by atoms with van der Waals surface area (Å²) in [5.41, 5.74) is -1.16. The second-order valence-electron chi connectivity index (χ2n) is 4.61. The fourth-order valence-electron chi connectivity index (χ4n) is 1.74. The zero-order valence-corrected chi connectivity index (χ0v) is 10.1. The molecule has 0 aliphatic carbocycles. The van der Waals surface area contributed by atoms with Gasteiger partial charge in [0.05, 0.1) is 16.9 Å². The topological polar surface area (TPSA) is 60.8 Å². The SMILES string of the molecule is CN(CC(C)(C)O)c1c(F)cccc1C(=O)O. The van der Waals surface area contributed by atoms with Crippen molar-refractivity contribution in [3.8, 4) is 0 Å². The van der Waals surface area contributed by atoms with Crippen molar-refractivity contribution in [3.63, 3.8) is 0 Å². The van der Waals surface area contributed by atoms with Crippen LogP contribution in [0.2, 0.25) is 0 Å². The number of anilines is 1. The van der Waals surface area contributed by atoms with E-state index in [4.69, 9.17) is 5.11 Å². The van der Waals surface area contributed by atoms with Gasteiger partial charge in [0.25, 0.3) is 0 Å². The Kier molecular flexibility index (Phi) is 3.72. The van der Waals surface area contributed by atoms with Gasteiger partial charge in [-0.25, -0.2) is 9.18 Å². The zero-order chi connectivity index (χ0) is 13.2. The summed E-state index contributed by atoms with van der Waals surface area (Å²) < 4.78 is 13.6. The number of hydrogen-bond donors (Lipinski definition) is 2. The summed E-state index contributed by atoms with van der Waals surface area (Å²) in [5, 5.41) is 18.6. The number of para-hydroxylation sites is 1. The lowest BCUT2D eigenvalue weighted by atomic mass is 10.1. The van der Waals surface area contributed by atoms with Gasteiger partial charge in [0.15, 0.2) is 0 Å². The highest BCUT2D eigenvalue weighted by molar-refractivity contribution is 5.94. The lowest BCUT2D eigenvalue weighted by Crippen LogP contribution is -2.37. The van der Waals surface area contributed by atoms with Gasteiger partial charge >= 0.3 is 5.97 Å². The number of likely N-dealkylation sites (N-methyl/N-ethyl adjacent to an activating group) is 1. The van der Waals surface area contributed by atoms with Gasteiger partial charge in [-0.3, -0.25) is 0 Å². The van der Waals surface area contributed by atoms with E-state index in [2.05, 4.69) is 0 Å². The van der Waals surface area contributed by atoms with E-state index in [1.807, 2.05) is 0 Å². The number of carboxylic acid groups (broad SMARTS) is 1. The lowest BCUT2D eigenvalue weighted by molar-refractivity contribution is 0.0693. The van der Waals surface area contributed by atoms with E-state index in [-0.39, 0.29) is 17.8 Å². The largest absolute Gasteiger partial charge is 0.478 e. The van der Waals surface area contributed by atoms with Gasteiger partial charge in [-0.1, -0.05) is 6.07 Å². The molecule has 1 aromatic carbocycles. The number of carbonyl (C=O) groups is 1. The summed E-state index contributed by atoms with van der Waals surface area (Å²) in [6, 6.07) is 3.88. The predicted molar refractivity (Wildman–Crippen MR) is 62.9 cm³/mol. The smallest absolute Gasteiger partial charge is 0.337 e. The molecule has 1 aromatic rings. The number of benzene rings is 1. The summed E-state index contributed by atoms with van der Waals surface area (Å²) in [4.78, 5) is 12.4. The molecule has 0 heterocycles. The van der Waals surface area contributed by atoms with Crippen molar-refractivity contribution >= 4 is 11.7 Å². The van der Waals surface area contributed by atoms with Crippen molar-refractivity contribution in [2.24, 2.45) is 0 Å². The molecule has 0 radical (unpaired) electrons. The van der Waals surface area contributed by atoms with E-state index in [0.717, 1.165) is 0 Å². The molecule has 2 N–H and O–H groups in total. The molecule has 94 valence electrons. The number of hydrogen-bond acceptors (Lipinski definition) is 3. The van der Waals surface area contributed by atoms with Crippen LogP contribution < -0.4 is 4.90 Å². The molecule has 0 spiro atoms. The van der Waals surface area contributed by atoms with Gasteiger partial charge < -0.3 is 15.1 Å². The van der Waals surface area contributed by atoms with Crippen LogP contribution in [0.3, 0.4) is 0 Å². The monoisotopic (exact) mass is 241 g/mol. The van der Waals surface area contributed by atoms with Crippen LogP contribution in [0.1, 0.15) is 24.2 Å². The highest BCUT2D eigenvalue weighted by atomic mass is 19.1. The van der Waals surface area contributed by atoms with Crippen LogP contribution in [-0.4, -0.2) is 35.4 Å². The third-order valence-electron chi connectivity index (χ3n) is 2.22. The Bertz CT molecular complexity index is 426. The molecule has 0 aromatic heterocycles. The predicted octanol–water partition coefficient (Wildman–Crippen LogP) is 1.73. The Balaban J connectivity index is 3.16. The van der Waals surface area contributed by atoms with Crippen LogP contribution in [0.4, 0.5) is 10.1 Å². The van der Waals surface area contributed by atoms with Crippen molar-refractivity contribution in [1.82, 2.24) is 0 Å². The summed E-state index contributed by atoms with van der Waals surface area (Å²) in [5.74, 6) is -1.81. The summed E-state index contributed by atoms with van der Waals surface area (Å²) >= 11 is 0. The van der Waals surface area contributed by atoms with E-state index < -0.39 is 17.4 Å². The van der Waals surface area contributed by atoms with E-state index in [1.165, 1.54) is 23.1 Å². The minimum atomic E-state index is -1.19. The Morgan fingerprint density at radius 3 is 2.53 bits per heavy atom. The van der Waals surface area contributed by atoms with Crippen LogP contribution in [0.15, 0.2) is 18.2 Å². The normalized spacial score (nSPS) is 11.4. The molecule has 0 fully saturated rings. The maximum atomic E-state index is 13.6. The van der Waals surface area contributed by atoms with Gasteiger partial charge in [0.2, 0.25) is 0 Å². The number of aromatic carboxylic acids is 1. The number of aliphatic hydroxyl groups is 1. The Morgan fingerprint density at radius 2 is 2.06 bits per heavy atom. The lowest BCUT2D eigenvalue weighted by Gasteiger charge is -2.28. The summed E-state index contributed by atoms with van der Waals surface area (Å²) in [6.45, 7) is 3.28. The molecule has 0 saturated heterocycles. The van der Waals surface area contributed by atoms with Crippen molar-refractivity contribution < 1.29 is 19.4 Å². The molecule has 0 atom stereocenters. The molecule has 0 aliphatic rings. The zero-order valence-electron chi connectivity index (χ0n) is 10.1. The van der Waals surface area contributed by atoms with Crippen molar-refractivity contribution in [2.45, 2.75) is 19.4 Å². The second kappa shape index (κ2) is 4.71. The molecule has 0 amide bonds. The molecule has 17 heavy (non-hydrogen) atoms. The number of halogens is 1. The summed E-state index contributed by atoms with van der Waals surface area (Å²) in [6.07, 6.45) is 0. The van der Waals surface area contributed by atoms with Gasteiger partial charge in [-0.15, -0.1) is 0 Å². The molecule has 4 nitrogen and oxygen atoms in total. The van der Waals surface area contributed by atoms with Crippen LogP contribution in [0.25, 0.3) is 0 Å². The van der Waals surface area contributed by atoms with E-state index >= 15 is 0 Å². The molecule has 0 aliphatic heterocycles. The molecule has 0 bridgehead atoms. The maximum absolute atomic E-state index is 13.6. The minimum absolute atomic E-state index is 0.0119. The van der Waals surface area contributed by atoms with Crippen LogP contribution >= 0.6 is 0 Å². The first kappa shape index (κ1) is 13.4. The van der Waals surface area contributed by atoms with Gasteiger partial charge in [-0.2, -0.15) is 0 Å². The first-order valence-corrected chi connectivity index (χ1v) is 5.17. The van der Waals surface area contributed by atoms with Gasteiger partial charge in [-0.05, 0) is 26.0 Å². The minimum Gasteiger partial charge on any atom is -0.478 e. The van der Waals surface area contributed by atoms with Gasteiger partial charge in [0.1, 0.15) is 5.82 Å². The average molecular weight is 241 g/mol. The summed E-state index contributed by atoms with van der Waals surface area (Å²) in [7, 11) is 1.54. The molecule has 0 saturated carbocycles. The Labute approximate surface area is 99.3 Å². The first-order chi connectivity index (χ1) is 7.72. The third kappa shape index (κ3) is 3.42. The third-order valence-corrected chi connectivity index (χ3v) is 2.22. The molecule has 1 rings (SSSR count). The molecular weight excluding hydrogens is 225 g/mol. The number of rotatable bonds is 4. The second-order valence-corrected chi connectivity index (χ2v) is 4.61. The quantitative estimate of drug-likeness (QED) is 0.842. The van der Waals surface area contributed by atoms with Crippen LogP contribution in [0, 0.1) is 5.82 Å². The van der Waals surface area contributed by atoms with Crippen LogP contribution in [-0.2, 0) is 0 Å². The van der Waals surface area contributed by atoms with Crippen molar-refractivity contribution in [2.75, 3.05) is 18.5 Å². The highest BCUT2D eigenvalue weighted by Gasteiger charge is 2.22. The van der Waals surface area contributed by atoms with Crippen molar-refractivity contribution in [3.05, 3.63) is 29.6 Å². The Hall–Kier alpha value is -1.62. The molecular formula is C12H16FNO3. The fraction of sp³-hybridized carbons (Fsp3) is 0.417.